The Morgan fingerprint density at radius 1 is 1.33 bits per heavy atom. The highest BCUT2D eigenvalue weighted by Crippen LogP contribution is 2.31. The van der Waals surface area contributed by atoms with Gasteiger partial charge >= 0.3 is 0 Å². The fraction of sp³-hybridized carbons (Fsp3) is 0.647. The van der Waals surface area contributed by atoms with Gasteiger partial charge in [-0.3, -0.25) is 4.90 Å². The third kappa shape index (κ3) is 3.79. The van der Waals surface area contributed by atoms with E-state index in [1.54, 1.807) is 7.11 Å². The Kier molecular flexibility index (Phi) is 5.01. The summed E-state index contributed by atoms with van der Waals surface area (Å²) < 4.78 is 6.64. The number of methoxy groups -OCH3 is 1. The molecule has 0 aliphatic carbocycles. The van der Waals surface area contributed by atoms with E-state index in [4.69, 9.17) is 4.74 Å². The Hall–Kier alpha value is -0.580. The van der Waals surface area contributed by atoms with Crippen molar-refractivity contribution in [3.05, 3.63) is 28.2 Å². The third-order valence-corrected chi connectivity index (χ3v) is 5.16. The van der Waals surface area contributed by atoms with Crippen molar-refractivity contribution in [2.24, 2.45) is 0 Å². The molecule has 1 aliphatic heterocycles. The summed E-state index contributed by atoms with van der Waals surface area (Å²) in [4.78, 5) is 2.59. The van der Waals surface area contributed by atoms with Gasteiger partial charge in [0.05, 0.1) is 7.11 Å². The van der Waals surface area contributed by atoms with Crippen molar-refractivity contribution < 1.29 is 4.74 Å². The summed E-state index contributed by atoms with van der Waals surface area (Å²) in [6, 6.07) is 6.24. The first-order chi connectivity index (χ1) is 9.79. The summed E-state index contributed by atoms with van der Waals surface area (Å²) in [5.41, 5.74) is 1.57. The van der Waals surface area contributed by atoms with E-state index >= 15 is 0 Å². The van der Waals surface area contributed by atoms with Gasteiger partial charge in [0, 0.05) is 40.7 Å². The van der Waals surface area contributed by atoms with E-state index < -0.39 is 0 Å². The number of hydrogen-bond donors (Lipinski definition) is 1. The maximum atomic E-state index is 5.53. The number of hydrogen-bond acceptors (Lipinski definition) is 3. The Balaban J connectivity index is 2.28. The normalized spacial score (nSPS) is 25.8. The minimum absolute atomic E-state index is 0.147. The molecule has 1 fully saturated rings. The molecule has 21 heavy (non-hydrogen) atoms. The zero-order valence-corrected chi connectivity index (χ0v) is 15.4. The lowest BCUT2D eigenvalue weighted by Gasteiger charge is -2.51. The van der Waals surface area contributed by atoms with Gasteiger partial charge in [-0.1, -0.05) is 22.9 Å². The van der Waals surface area contributed by atoms with Gasteiger partial charge in [-0.2, -0.15) is 0 Å². The lowest BCUT2D eigenvalue weighted by Crippen LogP contribution is -2.66. The lowest BCUT2D eigenvalue weighted by molar-refractivity contribution is 0.0170. The van der Waals surface area contributed by atoms with E-state index in [-0.39, 0.29) is 11.1 Å². The molecule has 0 radical (unpaired) electrons. The lowest BCUT2D eigenvalue weighted by atomic mass is 9.87. The summed E-state index contributed by atoms with van der Waals surface area (Å²) in [6.45, 7) is 12.1. The van der Waals surface area contributed by atoms with E-state index in [9.17, 15) is 0 Å². The van der Waals surface area contributed by atoms with E-state index in [1.165, 1.54) is 5.56 Å². The molecule has 1 heterocycles. The maximum Gasteiger partial charge on any atom is 0.123 e. The van der Waals surface area contributed by atoms with Gasteiger partial charge in [0.1, 0.15) is 5.75 Å². The first-order valence-corrected chi connectivity index (χ1v) is 8.41. The minimum Gasteiger partial charge on any atom is -0.496 e. The van der Waals surface area contributed by atoms with E-state index in [2.05, 4.69) is 59.9 Å². The molecule has 1 aromatic carbocycles. The second-order valence-electron chi connectivity index (χ2n) is 6.90. The van der Waals surface area contributed by atoms with Crippen molar-refractivity contribution in [3.8, 4) is 5.75 Å². The highest BCUT2D eigenvalue weighted by molar-refractivity contribution is 9.10. The number of nitrogens with one attached hydrogen (secondary N) is 1. The van der Waals surface area contributed by atoms with Gasteiger partial charge < -0.3 is 10.1 Å². The van der Waals surface area contributed by atoms with Crippen molar-refractivity contribution in [1.82, 2.24) is 10.2 Å². The summed E-state index contributed by atoms with van der Waals surface area (Å²) in [6.07, 6.45) is 1.13. The number of ether oxygens (including phenoxy) is 1. The third-order valence-electron chi connectivity index (χ3n) is 4.66. The predicted molar refractivity (Wildman–Crippen MR) is 91.9 cm³/mol. The molecule has 1 unspecified atom stereocenters. The molecule has 3 nitrogen and oxygen atoms in total. The Morgan fingerprint density at radius 3 is 2.67 bits per heavy atom. The number of rotatable bonds is 4. The molecule has 1 saturated heterocycles. The summed E-state index contributed by atoms with van der Waals surface area (Å²) in [5.74, 6) is 0.966. The first kappa shape index (κ1) is 16.8. The topological polar surface area (TPSA) is 24.5 Å². The minimum atomic E-state index is 0.147. The summed E-state index contributed by atoms with van der Waals surface area (Å²) in [7, 11) is 1.74. The van der Waals surface area contributed by atoms with Crippen molar-refractivity contribution in [3.63, 3.8) is 0 Å². The van der Waals surface area contributed by atoms with Gasteiger partial charge in [0.2, 0.25) is 0 Å². The molecule has 0 amide bonds. The van der Waals surface area contributed by atoms with Gasteiger partial charge in [0.25, 0.3) is 0 Å². The van der Waals surface area contributed by atoms with Crippen LogP contribution >= 0.6 is 15.9 Å². The van der Waals surface area contributed by atoms with Gasteiger partial charge in [-0.05, 0) is 45.4 Å². The highest BCUT2D eigenvalue weighted by Gasteiger charge is 2.39. The zero-order valence-electron chi connectivity index (χ0n) is 13.8. The summed E-state index contributed by atoms with van der Waals surface area (Å²) in [5, 5.41) is 3.67. The van der Waals surface area contributed by atoms with Crippen LogP contribution in [0.3, 0.4) is 0 Å². The van der Waals surface area contributed by atoms with Crippen LogP contribution in [0.4, 0.5) is 0 Å². The van der Waals surface area contributed by atoms with Crippen molar-refractivity contribution in [2.45, 2.75) is 51.7 Å². The summed E-state index contributed by atoms with van der Waals surface area (Å²) >= 11 is 3.57. The van der Waals surface area contributed by atoms with Crippen LogP contribution in [-0.2, 0) is 6.54 Å². The molecule has 1 aliphatic rings. The maximum absolute atomic E-state index is 5.53. The fourth-order valence-electron chi connectivity index (χ4n) is 2.94. The Bertz CT molecular complexity index is 504. The van der Waals surface area contributed by atoms with E-state index in [0.29, 0.717) is 0 Å². The monoisotopic (exact) mass is 354 g/mol. The van der Waals surface area contributed by atoms with Crippen molar-refractivity contribution in [2.75, 3.05) is 20.2 Å². The average molecular weight is 355 g/mol. The van der Waals surface area contributed by atoms with Crippen LogP contribution in [0.5, 0.6) is 5.75 Å². The molecule has 0 spiro atoms. The second-order valence-corrected chi connectivity index (χ2v) is 7.82. The SMILES string of the molecule is CCC1(C)CNC(C)(C)CN1Cc1cc(Br)ccc1OC. The standard InChI is InChI=1S/C17H27BrN2O/c1-6-17(4)11-19-16(2,3)12-20(17)10-13-9-14(18)7-8-15(13)21-5/h7-9,19H,6,10-12H2,1-5H3. The number of halogens is 1. The fourth-order valence-corrected chi connectivity index (χ4v) is 3.35. The number of piperazine rings is 1. The number of benzene rings is 1. The van der Waals surface area contributed by atoms with Gasteiger partial charge in [-0.25, -0.2) is 0 Å². The van der Waals surface area contributed by atoms with Crippen molar-refractivity contribution >= 4 is 15.9 Å². The predicted octanol–water partition coefficient (Wildman–Crippen LogP) is 3.81. The van der Waals surface area contributed by atoms with E-state index in [1.807, 2.05) is 12.1 Å². The quantitative estimate of drug-likeness (QED) is 0.889. The highest BCUT2D eigenvalue weighted by atomic mass is 79.9. The second kappa shape index (κ2) is 6.27. The molecule has 1 N–H and O–H groups in total. The molecule has 0 aromatic heterocycles. The van der Waals surface area contributed by atoms with Gasteiger partial charge in [0.15, 0.2) is 0 Å². The van der Waals surface area contributed by atoms with Crippen LogP contribution in [0.2, 0.25) is 0 Å². The molecule has 1 atom stereocenters. The smallest absolute Gasteiger partial charge is 0.123 e. The molecular weight excluding hydrogens is 328 g/mol. The van der Waals surface area contributed by atoms with Crippen LogP contribution in [0.15, 0.2) is 22.7 Å². The van der Waals surface area contributed by atoms with Crippen molar-refractivity contribution in [1.29, 1.82) is 0 Å². The molecule has 2 rings (SSSR count). The molecule has 4 heteroatoms. The van der Waals surface area contributed by atoms with Gasteiger partial charge in [-0.15, -0.1) is 0 Å². The van der Waals surface area contributed by atoms with E-state index in [0.717, 1.165) is 36.3 Å². The molecule has 1 aromatic rings. The first-order valence-electron chi connectivity index (χ1n) is 7.62. The van der Waals surface area contributed by atoms with Crippen LogP contribution < -0.4 is 10.1 Å². The molecule has 118 valence electrons. The average Bonchev–Trinajstić information content (AvgIpc) is 2.43. The number of nitrogens with zero attached hydrogens (tertiary/aromatic N) is 1. The van der Waals surface area contributed by atoms with Crippen LogP contribution in [0, 0.1) is 0 Å². The molecule has 0 saturated carbocycles. The van der Waals surface area contributed by atoms with Crippen LogP contribution in [0.1, 0.15) is 39.7 Å². The van der Waals surface area contributed by atoms with Crippen LogP contribution in [-0.4, -0.2) is 36.2 Å². The molecule has 0 bridgehead atoms. The Labute approximate surface area is 137 Å². The molecular formula is C17H27BrN2O. The largest absolute Gasteiger partial charge is 0.496 e. The Morgan fingerprint density at radius 2 is 2.05 bits per heavy atom. The van der Waals surface area contributed by atoms with Crippen LogP contribution in [0.25, 0.3) is 0 Å². The zero-order chi connectivity index (χ0) is 15.7.